The molecule has 0 aliphatic carbocycles. The summed E-state index contributed by atoms with van der Waals surface area (Å²) in [6, 6.07) is 7.00. The second-order valence-electron chi connectivity index (χ2n) is 3.55. The summed E-state index contributed by atoms with van der Waals surface area (Å²) < 4.78 is 0. The van der Waals surface area contributed by atoms with Gasteiger partial charge < -0.3 is 0 Å². The summed E-state index contributed by atoms with van der Waals surface area (Å²) >= 11 is 5.86. The Kier molecular flexibility index (Phi) is 3.26. The Morgan fingerprint density at radius 2 is 2.18 bits per heavy atom. The maximum absolute atomic E-state index is 11.9. The lowest BCUT2D eigenvalue weighted by atomic mass is 10.1. The highest BCUT2D eigenvalue weighted by Crippen LogP contribution is 2.18. The normalized spacial score (nSPS) is 10.5. The van der Waals surface area contributed by atoms with Gasteiger partial charge in [0, 0.05) is 24.2 Å². The number of aromatic nitrogens is 1. The van der Waals surface area contributed by atoms with Gasteiger partial charge in [-0.1, -0.05) is 11.6 Å². The molecule has 0 unspecified atom stereocenters. The predicted octanol–water partition coefficient (Wildman–Crippen LogP) is 2.52. The van der Waals surface area contributed by atoms with Crippen molar-refractivity contribution in [2.24, 2.45) is 0 Å². The molecule has 0 bridgehead atoms. The highest BCUT2D eigenvalue weighted by Gasteiger charge is 2.11. The number of rotatable bonds is 2. The van der Waals surface area contributed by atoms with E-state index in [1.54, 1.807) is 37.5 Å². The molecule has 5 heteroatoms. The van der Waals surface area contributed by atoms with E-state index in [0.717, 1.165) is 10.9 Å². The molecule has 1 aromatic carbocycles. The lowest BCUT2D eigenvalue weighted by Crippen LogP contribution is -2.25. The first-order valence-corrected chi connectivity index (χ1v) is 5.37. The molecule has 0 saturated heterocycles. The van der Waals surface area contributed by atoms with Crippen molar-refractivity contribution < 1.29 is 9.63 Å². The average molecular weight is 251 g/mol. The van der Waals surface area contributed by atoms with Gasteiger partial charge in [0.2, 0.25) is 0 Å². The Morgan fingerprint density at radius 3 is 2.88 bits per heavy atom. The van der Waals surface area contributed by atoms with Crippen LogP contribution in [0.2, 0.25) is 5.02 Å². The van der Waals surface area contributed by atoms with E-state index >= 15 is 0 Å². The molecule has 4 nitrogen and oxygen atoms in total. The number of hydrogen-bond acceptors (Lipinski definition) is 3. The molecule has 0 atom stereocenters. The summed E-state index contributed by atoms with van der Waals surface area (Å²) in [4.78, 5) is 20.9. The second-order valence-corrected chi connectivity index (χ2v) is 3.98. The number of pyridine rings is 1. The number of benzene rings is 1. The third kappa shape index (κ3) is 2.38. The number of halogens is 1. The van der Waals surface area contributed by atoms with Gasteiger partial charge in [-0.15, -0.1) is 0 Å². The van der Waals surface area contributed by atoms with E-state index in [1.165, 1.54) is 12.2 Å². The maximum atomic E-state index is 11.9. The minimum Gasteiger partial charge on any atom is -0.274 e. The fourth-order valence-electron chi connectivity index (χ4n) is 1.50. The quantitative estimate of drug-likeness (QED) is 0.769. The molecule has 88 valence electrons. The van der Waals surface area contributed by atoms with Gasteiger partial charge in [-0.05, 0) is 24.3 Å². The molecule has 1 amide bonds. The Balaban J connectivity index is 2.47. The summed E-state index contributed by atoms with van der Waals surface area (Å²) in [6.45, 7) is 0. The molecule has 1 heterocycles. The number of carbonyl (C=O) groups excluding carboxylic acids is 1. The van der Waals surface area contributed by atoms with E-state index in [4.69, 9.17) is 16.4 Å². The molecule has 1 aromatic heterocycles. The number of carbonyl (C=O) groups is 1. The van der Waals surface area contributed by atoms with Crippen molar-refractivity contribution >= 4 is 28.4 Å². The van der Waals surface area contributed by atoms with Crippen molar-refractivity contribution in [1.82, 2.24) is 10.0 Å². The molecular formula is C12H11ClN2O2. The zero-order chi connectivity index (χ0) is 12.4. The molecule has 0 saturated carbocycles. The topological polar surface area (TPSA) is 42.4 Å². The van der Waals surface area contributed by atoms with Crippen LogP contribution in [0, 0.1) is 0 Å². The number of hydrogen-bond donors (Lipinski definition) is 0. The van der Waals surface area contributed by atoms with Gasteiger partial charge in [0.1, 0.15) is 0 Å². The van der Waals surface area contributed by atoms with Crippen LogP contribution in [0.1, 0.15) is 10.4 Å². The van der Waals surface area contributed by atoms with Crippen molar-refractivity contribution in [2.45, 2.75) is 0 Å². The molecule has 0 N–H and O–H groups in total. The van der Waals surface area contributed by atoms with Crippen molar-refractivity contribution in [2.75, 3.05) is 14.2 Å². The zero-order valence-electron chi connectivity index (χ0n) is 9.48. The summed E-state index contributed by atoms with van der Waals surface area (Å²) in [7, 11) is 3.00. The van der Waals surface area contributed by atoms with Crippen molar-refractivity contribution in [3.63, 3.8) is 0 Å². The van der Waals surface area contributed by atoms with E-state index in [1.807, 2.05) is 0 Å². The fraction of sp³-hybridized carbons (Fsp3) is 0.167. The molecular weight excluding hydrogens is 240 g/mol. The minimum absolute atomic E-state index is 0.214. The summed E-state index contributed by atoms with van der Waals surface area (Å²) in [5, 5.41) is 2.54. The van der Waals surface area contributed by atoms with Gasteiger partial charge in [0.05, 0.1) is 17.6 Å². The van der Waals surface area contributed by atoms with Crippen LogP contribution in [0.25, 0.3) is 10.9 Å². The van der Waals surface area contributed by atoms with Gasteiger partial charge in [-0.25, -0.2) is 5.06 Å². The van der Waals surface area contributed by atoms with Gasteiger partial charge in [0.15, 0.2) is 0 Å². The molecule has 0 spiro atoms. The maximum Gasteiger partial charge on any atom is 0.277 e. The van der Waals surface area contributed by atoms with Gasteiger partial charge in [-0.3, -0.25) is 14.6 Å². The second kappa shape index (κ2) is 4.69. The van der Waals surface area contributed by atoms with E-state index in [-0.39, 0.29) is 5.91 Å². The Hall–Kier alpha value is -1.65. The average Bonchev–Trinajstić information content (AvgIpc) is 2.36. The smallest absolute Gasteiger partial charge is 0.274 e. The molecule has 2 aromatic rings. The van der Waals surface area contributed by atoms with Crippen LogP contribution in [-0.2, 0) is 4.84 Å². The fourth-order valence-corrected chi connectivity index (χ4v) is 1.67. The zero-order valence-corrected chi connectivity index (χ0v) is 10.2. The first-order chi connectivity index (χ1) is 8.11. The predicted molar refractivity (Wildman–Crippen MR) is 65.9 cm³/mol. The lowest BCUT2D eigenvalue weighted by Gasteiger charge is -2.13. The molecule has 0 fully saturated rings. The number of amides is 1. The van der Waals surface area contributed by atoms with Crippen LogP contribution >= 0.6 is 11.6 Å². The molecule has 17 heavy (non-hydrogen) atoms. The first kappa shape index (κ1) is 11.8. The van der Waals surface area contributed by atoms with Crippen LogP contribution in [-0.4, -0.2) is 30.1 Å². The van der Waals surface area contributed by atoms with E-state index in [9.17, 15) is 4.79 Å². The standard InChI is InChI=1S/C12H11ClN2O2/c1-15(17-2)12(16)8-3-4-11-9(5-8)6-10(13)7-14-11/h3-7H,1-2H3. The van der Waals surface area contributed by atoms with E-state index < -0.39 is 0 Å². The number of hydroxylamine groups is 2. The largest absolute Gasteiger partial charge is 0.277 e. The Morgan fingerprint density at radius 1 is 1.41 bits per heavy atom. The van der Waals surface area contributed by atoms with Crippen LogP contribution < -0.4 is 0 Å². The van der Waals surface area contributed by atoms with Crippen molar-refractivity contribution in [1.29, 1.82) is 0 Å². The van der Waals surface area contributed by atoms with Crippen LogP contribution in [0.15, 0.2) is 30.5 Å². The Bertz CT molecular complexity index is 571. The number of fused-ring (bicyclic) bond motifs is 1. The third-order valence-electron chi connectivity index (χ3n) is 2.45. The van der Waals surface area contributed by atoms with E-state index in [0.29, 0.717) is 10.6 Å². The number of nitrogens with zero attached hydrogens (tertiary/aromatic N) is 2. The Labute approximate surface area is 104 Å². The van der Waals surface area contributed by atoms with Gasteiger partial charge >= 0.3 is 0 Å². The third-order valence-corrected chi connectivity index (χ3v) is 2.66. The van der Waals surface area contributed by atoms with Gasteiger partial charge in [-0.2, -0.15) is 0 Å². The first-order valence-electron chi connectivity index (χ1n) is 4.99. The summed E-state index contributed by atoms with van der Waals surface area (Å²) in [5.41, 5.74) is 1.33. The van der Waals surface area contributed by atoms with Crippen molar-refractivity contribution in [3.8, 4) is 0 Å². The highest BCUT2D eigenvalue weighted by molar-refractivity contribution is 6.31. The molecule has 0 aliphatic heterocycles. The van der Waals surface area contributed by atoms with Crippen LogP contribution in [0.4, 0.5) is 0 Å². The van der Waals surface area contributed by atoms with Crippen LogP contribution in [0.5, 0.6) is 0 Å². The van der Waals surface area contributed by atoms with Crippen molar-refractivity contribution in [3.05, 3.63) is 41.0 Å². The van der Waals surface area contributed by atoms with Gasteiger partial charge in [0.25, 0.3) is 5.91 Å². The molecule has 2 rings (SSSR count). The minimum atomic E-state index is -0.214. The molecule has 0 aliphatic rings. The summed E-state index contributed by atoms with van der Waals surface area (Å²) in [5.74, 6) is -0.214. The monoisotopic (exact) mass is 250 g/mol. The van der Waals surface area contributed by atoms with Crippen LogP contribution in [0.3, 0.4) is 0 Å². The lowest BCUT2D eigenvalue weighted by molar-refractivity contribution is -0.0756. The highest BCUT2D eigenvalue weighted by atomic mass is 35.5. The SMILES string of the molecule is CON(C)C(=O)c1ccc2ncc(Cl)cc2c1. The molecule has 0 radical (unpaired) electrons. The van der Waals surface area contributed by atoms with E-state index in [2.05, 4.69) is 4.98 Å². The summed E-state index contributed by atoms with van der Waals surface area (Å²) in [6.07, 6.45) is 1.58.